The van der Waals surface area contributed by atoms with E-state index in [9.17, 15) is 23.2 Å². The van der Waals surface area contributed by atoms with Gasteiger partial charge in [-0.05, 0) is 30.7 Å². The third kappa shape index (κ3) is 4.11. The van der Waals surface area contributed by atoms with E-state index in [4.69, 9.17) is 0 Å². The van der Waals surface area contributed by atoms with E-state index in [0.717, 1.165) is 46.0 Å². The van der Waals surface area contributed by atoms with E-state index in [1.54, 1.807) is 0 Å². The number of fused-ring (bicyclic) bond motifs is 1. The molecule has 27 heavy (non-hydrogen) atoms. The van der Waals surface area contributed by atoms with Crippen molar-refractivity contribution in [3.8, 4) is 6.07 Å². The van der Waals surface area contributed by atoms with Gasteiger partial charge < -0.3 is 9.88 Å². The summed E-state index contributed by atoms with van der Waals surface area (Å²) in [6.45, 7) is 2.15. The van der Waals surface area contributed by atoms with Gasteiger partial charge in [0.25, 0.3) is 0 Å². The first-order valence-electron chi connectivity index (χ1n) is 8.14. The zero-order valence-electron chi connectivity index (χ0n) is 14.6. The number of carbonyl (C=O) groups excluding carboxylic acids is 1. The molecule has 0 aliphatic heterocycles. The Balaban J connectivity index is 1.67. The molecule has 0 aromatic carbocycles. The molecule has 144 valence electrons. The Morgan fingerprint density at radius 1 is 1.48 bits per heavy atom. The summed E-state index contributed by atoms with van der Waals surface area (Å²) in [7, 11) is 1.20. The fourth-order valence-corrected chi connectivity index (χ4v) is 5.03. The number of carbonyl (C=O) groups is 1. The number of anilines is 1. The van der Waals surface area contributed by atoms with Gasteiger partial charge in [0.05, 0.1) is 11.3 Å². The summed E-state index contributed by atoms with van der Waals surface area (Å²) in [6, 6.07) is 2.16. The van der Waals surface area contributed by atoms with Crippen molar-refractivity contribution < 1.29 is 18.0 Å². The van der Waals surface area contributed by atoms with E-state index in [2.05, 4.69) is 28.5 Å². The molecular weight excluding hydrogens is 399 g/mol. The van der Waals surface area contributed by atoms with E-state index < -0.39 is 17.9 Å². The zero-order chi connectivity index (χ0) is 19.8. The van der Waals surface area contributed by atoms with Crippen molar-refractivity contribution >= 4 is 34.0 Å². The van der Waals surface area contributed by atoms with Crippen LogP contribution < -0.4 is 5.32 Å². The molecule has 0 saturated carbocycles. The number of hydrogen-bond donors (Lipinski definition) is 1. The lowest BCUT2D eigenvalue weighted by Gasteiger charge is -2.17. The Kier molecular flexibility index (Phi) is 5.48. The maximum Gasteiger partial charge on any atom is 0.451 e. The topological polar surface area (TPSA) is 83.6 Å². The second-order valence-corrected chi connectivity index (χ2v) is 8.42. The van der Waals surface area contributed by atoms with Gasteiger partial charge >= 0.3 is 6.18 Å². The van der Waals surface area contributed by atoms with Crippen LogP contribution in [0.15, 0.2) is 5.16 Å². The van der Waals surface area contributed by atoms with E-state index in [1.165, 1.54) is 18.4 Å². The monoisotopic (exact) mass is 415 g/mol. The Morgan fingerprint density at radius 2 is 2.22 bits per heavy atom. The predicted molar refractivity (Wildman–Crippen MR) is 95.6 cm³/mol. The van der Waals surface area contributed by atoms with Gasteiger partial charge in [-0.2, -0.15) is 18.4 Å². The van der Waals surface area contributed by atoms with E-state index in [1.807, 2.05) is 0 Å². The number of thioether (sulfide) groups is 1. The van der Waals surface area contributed by atoms with Crippen LogP contribution in [0.4, 0.5) is 18.2 Å². The smallest absolute Gasteiger partial charge is 0.316 e. The molecule has 2 heterocycles. The number of rotatable bonds is 4. The van der Waals surface area contributed by atoms with Crippen LogP contribution in [0.3, 0.4) is 0 Å². The lowest BCUT2D eigenvalue weighted by atomic mass is 9.89. The number of nitrogens with zero attached hydrogens (tertiary/aromatic N) is 4. The molecule has 3 rings (SSSR count). The molecule has 1 atom stereocenters. The standard InChI is InChI=1S/C16H16F3N5OS2/c1-8-3-4-9-10(6-20)13(27-11(9)5-8)21-12(25)7-26-15-23-22-14(24(15)2)16(17,18)19/h8H,3-5,7H2,1-2H3,(H,21,25)/t8-/m1/s1. The molecule has 6 nitrogen and oxygen atoms in total. The molecule has 0 bridgehead atoms. The lowest BCUT2D eigenvalue weighted by molar-refractivity contribution is -0.147. The summed E-state index contributed by atoms with van der Waals surface area (Å²) in [4.78, 5) is 13.4. The lowest BCUT2D eigenvalue weighted by Crippen LogP contribution is -2.15. The van der Waals surface area contributed by atoms with Gasteiger partial charge in [0.15, 0.2) is 5.16 Å². The minimum Gasteiger partial charge on any atom is -0.316 e. The van der Waals surface area contributed by atoms with Crippen LogP contribution in [-0.2, 0) is 30.9 Å². The van der Waals surface area contributed by atoms with Crippen LogP contribution in [0.25, 0.3) is 0 Å². The number of aromatic nitrogens is 3. The van der Waals surface area contributed by atoms with Gasteiger partial charge in [0, 0.05) is 11.9 Å². The first-order chi connectivity index (χ1) is 12.7. The quantitative estimate of drug-likeness (QED) is 0.771. The number of nitrogens with one attached hydrogen (secondary N) is 1. The van der Waals surface area contributed by atoms with Gasteiger partial charge in [0.1, 0.15) is 11.1 Å². The molecule has 1 amide bonds. The first kappa shape index (κ1) is 19.7. The summed E-state index contributed by atoms with van der Waals surface area (Å²) in [6.07, 6.45) is -1.88. The first-order valence-corrected chi connectivity index (χ1v) is 9.94. The van der Waals surface area contributed by atoms with Crippen LogP contribution >= 0.6 is 23.1 Å². The summed E-state index contributed by atoms with van der Waals surface area (Å²) >= 11 is 2.26. The van der Waals surface area contributed by atoms with E-state index >= 15 is 0 Å². The van der Waals surface area contributed by atoms with Crippen molar-refractivity contribution in [3.63, 3.8) is 0 Å². The third-order valence-corrected chi connectivity index (χ3v) is 6.49. The van der Waals surface area contributed by atoms with Crippen LogP contribution in [0.1, 0.15) is 35.2 Å². The molecule has 0 saturated heterocycles. The van der Waals surface area contributed by atoms with Crippen molar-refractivity contribution in [1.29, 1.82) is 5.26 Å². The van der Waals surface area contributed by atoms with Crippen LogP contribution in [0.5, 0.6) is 0 Å². The van der Waals surface area contributed by atoms with Gasteiger partial charge in [-0.15, -0.1) is 21.5 Å². The van der Waals surface area contributed by atoms with Crippen molar-refractivity contribution in [2.75, 3.05) is 11.1 Å². The van der Waals surface area contributed by atoms with Crippen molar-refractivity contribution in [2.45, 2.75) is 37.5 Å². The molecule has 0 spiro atoms. The molecule has 0 radical (unpaired) electrons. The number of amides is 1. The highest BCUT2D eigenvalue weighted by molar-refractivity contribution is 7.99. The molecule has 2 aromatic rings. The van der Waals surface area contributed by atoms with Gasteiger partial charge in [-0.3, -0.25) is 4.79 Å². The SMILES string of the molecule is C[C@@H]1CCc2c(sc(NC(=O)CSc3nnc(C(F)(F)F)n3C)c2C#N)C1. The second kappa shape index (κ2) is 7.52. The van der Waals surface area contributed by atoms with E-state index in [0.29, 0.717) is 16.5 Å². The minimum atomic E-state index is -4.60. The third-order valence-electron chi connectivity index (χ3n) is 4.30. The summed E-state index contributed by atoms with van der Waals surface area (Å²) in [5.41, 5.74) is 1.50. The normalized spacial score (nSPS) is 16.7. The van der Waals surface area contributed by atoms with Crippen molar-refractivity contribution in [3.05, 3.63) is 21.8 Å². The highest BCUT2D eigenvalue weighted by atomic mass is 32.2. The average molecular weight is 415 g/mol. The zero-order valence-corrected chi connectivity index (χ0v) is 16.2. The fraction of sp³-hybridized carbons (Fsp3) is 0.500. The average Bonchev–Trinajstić information content (AvgIpc) is 3.11. The summed E-state index contributed by atoms with van der Waals surface area (Å²) in [5, 5.41) is 19.3. The largest absolute Gasteiger partial charge is 0.451 e. The molecule has 1 aliphatic carbocycles. The van der Waals surface area contributed by atoms with Crippen molar-refractivity contribution in [2.24, 2.45) is 13.0 Å². The Bertz CT molecular complexity index is 913. The minimum absolute atomic E-state index is 0.00252. The molecule has 1 N–H and O–H groups in total. The van der Waals surface area contributed by atoms with Crippen LogP contribution in [0, 0.1) is 17.2 Å². The molecule has 11 heteroatoms. The number of thiophene rings is 1. The summed E-state index contributed by atoms with van der Waals surface area (Å²) in [5.74, 6) is -1.11. The Hall–Kier alpha value is -2.06. The van der Waals surface area contributed by atoms with Gasteiger partial charge in [-0.25, -0.2) is 0 Å². The van der Waals surface area contributed by atoms with Gasteiger partial charge in [0.2, 0.25) is 11.7 Å². The maximum absolute atomic E-state index is 12.7. The van der Waals surface area contributed by atoms with Gasteiger partial charge in [-0.1, -0.05) is 18.7 Å². The number of hydrogen-bond acceptors (Lipinski definition) is 6. The van der Waals surface area contributed by atoms with Crippen LogP contribution in [-0.4, -0.2) is 26.4 Å². The fourth-order valence-electron chi connectivity index (χ4n) is 2.94. The molecular formula is C16H16F3N5OS2. The van der Waals surface area contributed by atoms with Crippen molar-refractivity contribution in [1.82, 2.24) is 14.8 Å². The highest BCUT2D eigenvalue weighted by Crippen LogP contribution is 2.39. The second-order valence-electron chi connectivity index (χ2n) is 6.37. The highest BCUT2D eigenvalue weighted by Gasteiger charge is 2.37. The maximum atomic E-state index is 12.7. The number of halogens is 3. The van der Waals surface area contributed by atoms with Crippen LogP contribution in [0.2, 0.25) is 0 Å². The molecule has 0 fully saturated rings. The number of alkyl halides is 3. The van der Waals surface area contributed by atoms with E-state index in [-0.39, 0.29) is 10.9 Å². The molecule has 2 aromatic heterocycles. The number of nitriles is 1. The molecule has 0 unspecified atom stereocenters. The Morgan fingerprint density at radius 3 is 2.85 bits per heavy atom. The predicted octanol–water partition coefficient (Wildman–Crippen LogP) is 3.62. The Labute approximate surface area is 161 Å². The molecule has 1 aliphatic rings. The summed E-state index contributed by atoms with van der Waals surface area (Å²) < 4.78 is 39.0.